The highest BCUT2D eigenvalue weighted by molar-refractivity contribution is 5.36. The molecule has 3 heteroatoms. The maximum Gasteiger partial charge on any atom is 0.124 e. The van der Waals surface area contributed by atoms with Gasteiger partial charge in [-0.25, -0.2) is 4.39 Å². The van der Waals surface area contributed by atoms with Crippen molar-refractivity contribution in [3.05, 3.63) is 65.5 Å². The van der Waals surface area contributed by atoms with Crippen LogP contribution in [0.5, 0.6) is 5.75 Å². The number of ether oxygens (including phenoxy) is 1. The predicted octanol–water partition coefficient (Wildman–Crippen LogP) is 3.81. The van der Waals surface area contributed by atoms with E-state index in [-0.39, 0.29) is 11.9 Å². The van der Waals surface area contributed by atoms with Crippen molar-refractivity contribution in [1.82, 2.24) is 0 Å². The number of nitrogens with two attached hydrogens (primary N) is 1. The van der Waals surface area contributed by atoms with E-state index in [4.69, 9.17) is 10.5 Å². The molecule has 0 aliphatic carbocycles. The van der Waals surface area contributed by atoms with Crippen molar-refractivity contribution in [1.29, 1.82) is 0 Å². The Kier molecular flexibility index (Phi) is 4.53. The first-order valence-corrected chi connectivity index (χ1v) is 6.42. The summed E-state index contributed by atoms with van der Waals surface area (Å²) < 4.78 is 18.8. The zero-order valence-electron chi connectivity index (χ0n) is 11.0. The Balaban J connectivity index is 2.11. The Morgan fingerprint density at radius 1 is 1.16 bits per heavy atom. The summed E-state index contributed by atoms with van der Waals surface area (Å²) in [6, 6.07) is 14.1. The largest absolute Gasteiger partial charge is 0.489 e. The fourth-order valence-electron chi connectivity index (χ4n) is 1.93. The number of hydrogen-bond donors (Lipinski definition) is 1. The molecular formula is C16H18FNO. The van der Waals surface area contributed by atoms with Crippen LogP contribution in [-0.4, -0.2) is 0 Å². The van der Waals surface area contributed by atoms with E-state index in [0.29, 0.717) is 6.61 Å². The summed E-state index contributed by atoms with van der Waals surface area (Å²) in [5, 5.41) is 0. The van der Waals surface area contributed by atoms with Crippen LogP contribution in [0.1, 0.15) is 30.5 Å². The highest BCUT2D eigenvalue weighted by Gasteiger charge is 2.09. The minimum Gasteiger partial charge on any atom is -0.489 e. The van der Waals surface area contributed by atoms with Crippen molar-refractivity contribution in [3.8, 4) is 5.75 Å². The van der Waals surface area contributed by atoms with Gasteiger partial charge in [-0.05, 0) is 30.2 Å². The lowest BCUT2D eigenvalue weighted by Gasteiger charge is -2.15. The van der Waals surface area contributed by atoms with E-state index in [1.165, 1.54) is 12.1 Å². The molecule has 0 amide bonds. The third kappa shape index (κ3) is 3.55. The second kappa shape index (κ2) is 6.34. The first-order chi connectivity index (χ1) is 9.20. The number of hydrogen-bond acceptors (Lipinski definition) is 2. The van der Waals surface area contributed by atoms with Gasteiger partial charge in [-0.1, -0.05) is 37.3 Å². The van der Waals surface area contributed by atoms with E-state index in [9.17, 15) is 4.39 Å². The average Bonchev–Trinajstić information content (AvgIpc) is 2.45. The van der Waals surface area contributed by atoms with Crippen LogP contribution in [0.2, 0.25) is 0 Å². The van der Waals surface area contributed by atoms with Gasteiger partial charge in [0.25, 0.3) is 0 Å². The average molecular weight is 259 g/mol. The zero-order valence-corrected chi connectivity index (χ0v) is 11.0. The summed E-state index contributed by atoms with van der Waals surface area (Å²) in [6.07, 6.45) is 0.848. The maximum atomic E-state index is 13.1. The topological polar surface area (TPSA) is 35.2 Å². The summed E-state index contributed by atoms with van der Waals surface area (Å²) >= 11 is 0. The van der Waals surface area contributed by atoms with Crippen molar-refractivity contribution in [2.24, 2.45) is 5.73 Å². The van der Waals surface area contributed by atoms with Gasteiger partial charge >= 0.3 is 0 Å². The quantitative estimate of drug-likeness (QED) is 0.886. The molecule has 2 rings (SSSR count). The molecule has 0 spiro atoms. The highest BCUT2D eigenvalue weighted by atomic mass is 19.1. The van der Waals surface area contributed by atoms with Crippen LogP contribution in [0.3, 0.4) is 0 Å². The van der Waals surface area contributed by atoms with E-state index in [2.05, 4.69) is 0 Å². The molecule has 2 aromatic carbocycles. The van der Waals surface area contributed by atoms with Crippen LogP contribution >= 0.6 is 0 Å². The fraction of sp³-hybridized carbons (Fsp3) is 0.250. The van der Waals surface area contributed by atoms with Gasteiger partial charge in [0.1, 0.15) is 18.2 Å². The van der Waals surface area contributed by atoms with Crippen molar-refractivity contribution in [3.63, 3.8) is 0 Å². The standard InChI is InChI=1S/C16H18FNO/c1-2-15(18)14-8-3-4-9-16(14)19-11-12-6-5-7-13(17)10-12/h3-10,15H,2,11,18H2,1H3. The van der Waals surface area contributed by atoms with Crippen molar-refractivity contribution in [2.75, 3.05) is 0 Å². The molecule has 2 N–H and O–H groups in total. The molecule has 0 saturated carbocycles. The van der Waals surface area contributed by atoms with Gasteiger partial charge in [-0.15, -0.1) is 0 Å². The Morgan fingerprint density at radius 2 is 1.95 bits per heavy atom. The molecule has 0 radical (unpaired) electrons. The third-order valence-electron chi connectivity index (χ3n) is 3.04. The zero-order chi connectivity index (χ0) is 13.7. The summed E-state index contributed by atoms with van der Waals surface area (Å²) in [6.45, 7) is 2.37. The molecule has 0 aliphatic rings. The minimum atomic E-state index is -0.250. The Morgan fingerprint density at radius 3 is 2.68 bits per heavy atom. The van der Waals surface area contributed by atoms with Gasteiger partial charge < -0.3 is 10.5 Å². The van der Waals surface area contributed by atoms with Crippen molar-refractivity contribution < 1.29 is 9.13 Å². The van der Waals surface area contributed by atoms with Crippen molar-refractivity contribution >= 4 is 0 Å². The third-order valence-corrected chi connectivity index (χ3v) is 3.04. The molecular weight excluding hydrogens is 241 g/mol. The SMILES string of the molecule is CCC(N)c1ccccc1OCc1cccc(F)c1. The minimum absolute atomic E-state index is 0.0382. The lowest BCUT2D eigenvalue weighted by atomic mass is 10.0. The smallest absolute Gasteiger partial charge is 0.124 e. The van der Waals surface area contributed by atoms with Crippen LogP contribution in [0, 0.1) is 5.82 Å². The Bertz CT molecular complexity index is 542. The molecule has 0 saturated heterocycles. The van der Waals surface area contributed by atoms with E-state index in [1.807, 2.05) is 37.3 Å². The van der Waals surface area contributed by atoms with Gasteiger partial charge in [0.2, 0.25) is 0 Å². The lowest BCUT2D eigenvalue weighted by molar-refractivity contribution is 0.300. The van der Waals surface area contributed by atoms with Gasteiger partial charge in [0.15, 0.2) is 0 Å². The Labute approximate surface area is 113 Å². The van der Waals surface area contributed by atoms with Gasteiger partial charge in [-0.2, -0.15) is 0 Å². The Hall–Kier alpha value is -1.87. The van der Waals surface area contributed by atoms with Crippen LogP contribution in [-0.2, 0) is 6.61 Å². The first kappa shape index (κ1) is 13.6. The second-order valence-corrected chi connectivity index (χ2v) is 4.47. The van der Waals surface area contributed by atoms with Crippen LogP contribution in [0.4, 0.5) is 4.39 Å². The summed E-state index contributed by atoms with van der Waals surface area (Å²) in [5.74, 6) is 0.515. The van der Waals surface area contributed by atoms with Gasteiger partial charge in [-0.3, -0.25) is 0 Å². The van der Waals surface area contributed by atoms with E-state index >= 15 is 0 Å². The molecule has 2 aromatic rings. The van der Waals surface area contributed by atoms with E-state index in [0.717, 1.165) is 23.3 Å². The number of benzene rings is 2. The van der Waals surface area contributed by atoms with E-state index < -0.39 is 0 Å². The molecule has 1 atom stereocenters. The second-order valence-electron chi connectivity index (χ2n) is 4.47. The monoisotopic (exact) mass is 259 g/mol. The summed E-state index contributed by atoms with van der Waals surface area (Å²) in [5.41, 5.74) is 7.84. The molecule has 0 heterocycles. The summed E-state index contributed by atoms with van der Waals surface area (Å²) in [7, 11) is 0. The molecule has 1 unspecified atom stereocenters. The molecule has 0 bridgehead atoms. The first-order valence-electron chi connectivity index (χ1n) is 6.42. The van der Waals surface area contributed by atoms with Crippen LogP contribution in [0.15, 0.2) is 48.5 Å². The molecule has 2 nitrogen and oxygen atoms in total. The van der Waals surface area contributed by atoms with Gasteiger partial charge in [0, 0.05) is 11.6 Å². The van der Waals surface area contributed by atoms with Crippen LogP contribution in [0.25, 0.3) is 0 Å². The lowest BCUT2D eigenvalue weighted by Crippen LogP contribution is -2.10. The van der Waals surface area contributed by atoms with E-state index in [1.54, 1.807) is 6.07 Å². The predicted molar refractivity (Wildman–Crippen MR) is 74.4 cm³/mol. The number of para-hydroxylation sites is 1. The molecule has 0 aromatic heterocycles. The summed E-state index contributed by atoms with van der Waals surface area (Å²) in [4.78, 5) is 0. The van der Waals surface area contributed by atoms with Gasteiger partial charge in [0.05, 0.1) is 0 Å². The number of halogens is 1. The normalized spacial score (nSPS) is 12.2. The molecule has 100 valence electrons. The maximum absolute atomic E-state index is 13.1. The van der Waals surface area contributed by atoms with Crippen LogP contribution < -0.4 is 10.5 Å². The number of rotatable bonds is 5. The molecule has 0 fully saturated rings. The van der Waals surface area contributed by atoms with Crippen molar-refractivity contribution in [2.45, 2.75) is 26.0 Å². The molecule has 0 aliphatic heterocycles. The highest BCUT2D eigenvalue weighted by Crippen LogP contribution is 2.26. The molecule has 19 heavy (non-hydrogen) atoms. The fourth-order valence-corrected chi connectivity index (χ4v) is 1.93.